The zero-order chi connectivity index (χ0) is 14.7. The largest absolute Gasteiger partial charge is 0.334 e. The summed E-state index contributed by atoms with van der Waals surface area (Å²) in [6.07, 6.45) is 1.24. The lowest BCUT2D eigenvalue weighted by molar-refractivity contribution is 0.0734. The van der Waals surface area contributed by atoms with Crippen LogP contribution in [0.5, 0.6) is 0 Å². The Morgan fingerprint density at radius 2 is 1.95 bits per heavy atom. The van der Waals surface area contributed by atoms with E-state index >= 15 is 0 Å². The van der Waals surface area contributed by atoms with E-state index in [-0.39, 0.29) is 5.91 Å². The lowest BCUT2D eigenvalue weighted by Crippen LogP contribution is -2.35. The third-order valence-corrected chi connectivity index (χ3v) is 3.87. The van der Waals surface area contributed by atoms with Gasteiger partial charge in [0.15, 0.2) is 0 Å². The Hall–Kier alpha value is -2.60. The molecule has 1 aliphatic rings. The molecule has 0 bridgehead atoms. The molecule has 2 aromatic carbocycles. The van der Waals surface area contributed by atoms with Crippen molar-refractivity contribution in [3.8, 4) is 6.07 Å². The van der Waals surface area contributed by atoms with E-state index in [1.807, 2.05) is 41.3 Å². The number of nitriles is 1. The Labute approximate surface area is 124 Å². The van der Waals surface area contributed by atoms with Gasteiger partial charge in [0.1, 0.15) is 0 Å². The highest BCUT2D eigenvalue weighted by Gasteiger charge is 2.21. The number of carbonyl (C=O) groups is 1. The summed E-state index contributed by atoms with van der Waals surface area (Å²) in [7, 11) is 0. The Morgan fingerprint density at radius 3 is 2.76 bits per heavy atom. The fourth-order valence-corrected chi connectivity index (χ4v) is 2.76. The highest BCUT2D eigenvalue weighted by Crippen LogP contribution is 2.20. The van der Waals surface area contributed by atoms with Crippen molar-refractivity contribution < 1.29 is 4.79 Å². The molecule has 21 heavy (non-hydrogen) atoms. The minimum Gasteiger partial charge on any atom is -0.334 e. The van der Waals surface area contributed by atoms with E-state index in [9.17, 15) is 4.79 Å². The second kappa shape index (κ2) is 5.80. The van der Waals surface area contributed by atoms with Gasteiger partial charge in [-0.1, -0.05) is 36.4 Å². The van der Waals surface area contributed by atoms with Gasteiger partial charge < -0.3 is 4.90 Å². The first kappa shape index (κ1) is 13.4. The molecule has 1 heterocycles. The summed E-state index contributed by atoms with van der Waals surface area (Å²) in [5, 5.41) is 8.76. The summed E-state index contributed by atoms with van der Waals surface area (Å²) < 4.78 is 0. The smallest absolute Gasteiger partial charge is 0.254 e. The Kier molecular flexibility index (Phi) is 3.70. The van der Waals surface area contributed by atoms with E-state index in [2.05, 4.69) is 18.2 Å². The van der Waals surface area contributed by atoms with E-state index in [4.69, 9.17) is 5.26 Å². The molecule has 3 rings (SSSR count). The lowest BCUT2D eigenvalue weighted by Gasteiger charge is -2.29. The lowest BCUT2D eigenvalue weighted by atomic mass is 9.99. The second-order valence-electron chi connectivity index (χ2n) is 5.28. The van der Waals surface area contributed by atoms with Crippen molar-refractivity contribution in [1.29, 1.82) is 5.26 Å². The summed E-state index contributed by atoms with van der Waals surface area (Å²) in [5.74, 6) is 0.0456. The second-order valence-corrected chi connectivity index (χ2v) is 5.28. The van der Waals surface area contributed by atoms with Crippen LogP contribution < -0.4 is 0 Å². The van der Waals surface area contributed by atoms with Gasteiger partial charge in [-0.25, -0.2) is 0 Å². The topological polar surface area (TPSA) is 44.1 Å². The molecule has 0 unspecified atom stereocenters. The zero-order valence-corrected chi connectivity index (χ0v) is 11.7. The van der Waals surface area contributed by atoms with E-state index in [1.54, 1.807) is 0 Å². The average Bonchev–Trinajstić information content (AvgIpc) is 2.54. The molecule has 0 saturated carbocycles. The van der Waals surface area contributed by atoms with Crippen LogP contribution >= 0.6 is 0 Å². The molecule has 0 aromatic heterocycles. The zero-order valence-electron chi connectivity index (χ0n) is 11.7. The van der Waals surface area contributed by atoms with Gasteiger partial charge in [0.05, 0.1) is 12.5 Å². The van der Waals surface area contributed by atoms with Gasteiger partial charge in [0.25, 0.3) is 5.91 Å². The molecule has 1 aliphatic heterocycles. The van der Waals surface area contributed by atoms with Crippen molar-refractivity contribution >= 4 is 5.91 Å². The Morgan fingerprint density at radius 1 is 1.14 bits per heavy atom. The highest BCUT2D eigenvalue weighted by molar-refractivity contribution is 5.94. The summed E-state index contributed by atoms with van der Waals surface area (Å²) in [6, 6.07) is 17.8. The van der Waals surface area contributed by atoms with E-state index in [0.29, 0.717) is 18.5 Å². The van der Waals surface area contributed by atoms with Crippen LogP contribution in [0.15, 0.2) is 48.5 Å². The van der Waals surface area contributed by atoms with Gasteiger partial charge in [-0.15, -0.1) is 0 Å². The molecule has 0 aliphatic carbocycles. The number of fused-ring (bicyclic) bond motifs is 1. The van der Waals surface area contributed by atoms with E-state index < -0.39 is 0 Å². The first-order valence-corrected chi connectivity index (χ1v) is 7.10. The van der Waals surface area contributed by atoms with Gasteiger partial charge >= 0.3 is 0 Å². The van der Waals surface area contributed by atoms with Crippen molar-refractivity contribution in [2.45, 2.75) is 19.4 Å². The monoisotopic (exact) mass is 276 g/mol. The molecule has 2 aromatic rings. The minimum atomic E-state index is 0.0456. The number of rotatable bonds is 2. The number of amides is 1. The molecular weight excluding hydrogens is 260 g/mol. The van der Waals surface area contributed by atoms with Crippen molar-refractivity contribution in [1.82, 2.24) is 4.90 Å². The predicted octanol–water partition coefficient (Wildman–Crippen LogP) is 2.95. The summed E-state index contributed by atoms with van der Waals surface area (Å²) in [6.45, 7) is 1.41. The Bertz CT molecular complexity index is 715. The standard InChI is InChI=1S/C18H16N2O/c19-10-8-14-4-3-7-16(12-14)18(21)20-11-9-15-5-1-2-6-17(15)13-20/h1-7,12H,8-9,11,13H2. The van der Waals surface area contributed by atoms with Crippen LogP contribution in [0.3, 0.4) is 0 Å². The van der Waals surface area contributed by atoms with Crippen LogP contribution in [-0.4, -0.2) is 17.4 Å². The molecule has 0 fully saturated rings. The van der Waals surface area contributed by atoms with Crippen LogP contribution in [0.25, 0.3) is 0 Å². The maximum absolute atomic E-state index is 12.6. The number of carbonyl (C=O) groups excluding carboxylic acids is 1. The van der Waals surface area contributed by atoms with E-state index in [1.165, 1.54) is 11.1 Å². The Balaban J connectivity index is 1.81. The molecule has 3 heteroatoms. The van der Waals surface area contributed by atoms with E-state index in [0.717, 1.165) is 18.5 Å². The van der Waals surface area contributed by atoms with Crippen LogP contribution in [0.2, 0.25) is 0 Å². The van der Waals surface area contributed by atoms with Gasteiger partial charge in [-0.3, -0.25) is 4.79 Å². The maximum Gasteiger partial charge on any atom is 0.254 e. The molecule has 0 radical (unpaired) electrons. The summed E-state index contributed by atoms with van der Waals surface area (Å²) >= 11 is 0. The number of benzene rings is 2. The number of nitrogens with zero attached hydrogens (tertiary/aromatic N) is 2. The molecule has 0 N–H and O–H groups in total. The number of hydrogen-bond acceptors (Lipinski definition) is 2. The van der Waals surface area contributed by atoms with Gasteiger partial charge in [0.2, 0.25) is 0 Å². The average molecular weight is 276 g/mol. The van der Waals surface area contributed by atoms with Crippen LogP contribution in [0.4, 0.5) is 0 Å². The van der Waals surface area contributed by atoms with Gasteiger partial charge in [-0.05, 0) is 35.2 Å². The number of hydrogen-bond donors (Lipinski definition) is 0. The SMILES string of the molecule is N#CCc1cccc(C(=O)N2CCc3ccccc3C2)c1. The quantitative estimate of drug-likeness (QED) is 0.846. The van der Waals surface area contributed by atoms with Gasteiger partial charge in [0, 0.05) is 18.7 Å². The first-order valence-electron chi connectivity index (χ1n) is 7.10. The third kappa shape index (κ3) is 2.80. The fourth-order valence-electron chi connectivity index (χ4n) is 2.76. The predicted molar refractivity (Wildman–Crippen MR) is 80.6 cm³/mol. The van der Waals surface area contributed by atoms with Crippen molar-refractivity contribution in [3.05, 3.63) is 70.8 Å². The normalized spacial score (nSPS) is 13.4. The van der Waals surface area contributed by atoms with Crippen LogP contribution in [0, 0.1) is 11.3 Å². The molecular formula is C18H16N2O. The highest BCUT2D eigenvalue weighted by atomic mass is 16.2. The fraction of sp³-hybridized carbons (Fsp3) is 0.222. The van der Waals surface area contributed by atoms with Crippen LogP contribution in [-0.2, 0) is 19.4 Å². The molecule has 0 atom stereocenters. The molecule has 0 saturated heterocycles. The third-order valence-electron chi connectivity index (χ3n) is 3.87. The first-order chi connectivity index (χ1) is 10.3. The molecule has 0 spiro atoms. The molecule has 104 valence electrons. The van der Waals surface area contributed by atoms with Crippen molar-refractivity contribution in [3.63, 3.8) is 0 Å². The summed E-state index contributed by atoms with van der Waals surface area (Å²) in [5.41, 5.74) is 4.12. The van der Waals surface area contributed by atoms with Crippen molar-refractivity contribution in [2.24, 2.45) is 0 Å². The van der Waals surface area contributed by atoms with Crippen LogP contribution in [0.1, 0.15) is 27.0 Å². The molecule has 3 nitrogen and oxygen atoms in total. The molecule has 1 amide bonds. The van der Waals surface area contributed by atoms with Crippen molar-refractivity contribution in [2.75, 3.05) is 6.54 Å². The minimum absolute atomic E-state index is 0.0456. The summed E-state index contributed by atoms with van der Waals surface area (Å²) in [4.78, 5) is 14.5. The van der Waals surface area contributed by atoms with Gasteiger partial charge in [-0.2, -0.15) is 5.26 Å². The maximum atomic E-state index is 12.6.